The van der Waals surface area contributed by atoms with Crippen molar-refractivity contribution in [2.24, 2.45) is 0 Å². The van der Waals surface area contributed by atoms with E-state index >= 15 is 0 Å². The van der Waals surface area contributed by atoms with Crippen LogP contribution in [-0.4, -0.2) is 24.0 Å². The molecule has 0 bridgehead atoms. The first-order chi connectivity index (χ1) is 10.8. The minimum absolute atomic E-state index is 0.0160. The van der Waals surface area contributed by atoms with Gasteiger partial charge in [-0.2, -0.15) is 0 Å². The largest absolute Gasteiger partial charge is 0.494 e. The smallest absolute Gasteiger partial charge is 0.222 e. The van der Waals surface area contributed by atoms with Gasteiger partial charge in [0.15, 0.2) is 0 Å². The second-order valence-corrected chi connectivity index (χ2v) is 4.77. The monoisotopic (exact) mass is 299 g/mol. The van der Waals surface area contributed by atoms with Crippen molar-refractivity contribution in [1.29, 1.82) is 0 Å². The van der Waals surface area contributed by atoms with E-state index < -0.39 is 0 Å². The molecule has 0 radical (unpaired) electrons. The van der Waals surface area contributed by atoms with Crippen molar-refractivity contribution in [3.05, 3.63) is 54.4 Å². The van der Waals surface area contributed by atoms with Crippen molar-refractivity contribution in [1.82, 2.24) is 10.3 Å². The Labute approximate surface area is 130 Å². The van der Waals surface area contributed by atoms with E-state index in [1.54, 1.807) is 12.4 Å². The highest BCUT2D eigenvalue weighted by Gasteiger charge is 2.01. The SMILES string of the molecule is CCOc1ccc(NCCC(=O)NCc2cccnc2)cc1. The van der Waals surface area contributed by atoms with Gasteiger partial charge in [-0.25, -0.2) is 0 Å². The molecule has 2 N–H and O–H groups in total. The number of aromatic nitrogens is 1. The Morgan fingerprint density at radius 2 is 2.05 bits per heavy atom. The molecule has 0 spiro atoms. The zero-order valence-corrected chi connectivity index (χ0v) is 12.7. The third kappa shape index (κ3) is 5.44. The summed E-state index contributed by atoms with van der Waals surface area (Å²) in [5, 5.41) is 6.09. The molecule has 1 aromatic heterocycles. The molecule has 116 valence electrons. The molecule has 2 rings (SSSR count). The molecule has 5 nitrogen and oxygen atoms in total. The number of nitrogens with one attached hydrogen (secondary N) is 2. The van der Waals surface area contributed by atoms with Crippen LogP contribution < -0.4 is 15.4 Å². The first kappa shape index (κ1) is 15.8. The maximum Gasteiger partial charge on any atom is 0.222 e. The zero-order valence-electron chi connectivity index (χ0n) is 12.7. The van der Waals surface area contributed by atoms with Crippen LogP contribution in [-0.2, 0) is 11.3 Å². The van der Waals surface area contributed by atoms with Gasteiger partial charge in [0.05, 0.1) is 6.61 Å². The summed E-state index contributed by atoms with van der Waals surface area (Å²) in [5.41, 5.74) is 1.97. The number of rotatable bonds is 8. The van der Waals surface area contributed by atoms with Crippen LogP contribution in [0, 0.1) is 0 Å². The quantitative estimate of drug-likeness (QED) is 0.786. The van der Waals surface area contributed by atoms with Crippen LogP contribution in [0.4, 0.5) is 5.69 Å². The molecular weight excluding hydrogens is 278 g/mol. The Balaban J connectivity index is 1.66. The fraction of sp³-hybridized carbons (Fsp3) is 0.294. The number of benzene rings is 1. The highest BCUT2D eigenvalue weighted by atomic mass is 16.5. The second kappa shape index (κ2) is 8.67. The maximum absolute atomic E-state index is 11.8. The third-order valence-corrected chi connectivity index (χ3v) is 3.06. The zero-order chi connectivity index (χ0) is 15.6. The van der Waals surface area contributed by atoms with Gasteiger partial charge in [0, 0.05) is 37.6 Å². The van der Waals surface area contributed by atoms with Crippen LogP contribution in [0.25, 0.3) is 0 Å². The van der Waals surface area contributed by atoms with Crippen molar-refractivity contribution < 1.29 is 9.53 Å². The molecule has 22 heavy (non-hydrogen) atoms. The van der Waals surface area contributed by atoms with Crippen LogP contribution in [0.1, 0.15) is 18.9 Å². The van der Waals surface area contributed by atoms with Crippen molar-refractivity contribution in [2.75, 3.05) is 18.5 Å². The molecule has 5 heteroatoms. The second-order valence-electron chi connectivity index (χ2n) is 4.77. The van der Waals surface area contributed by atoms with Crippen LogP contribution in [0.2, 0.25) is 0 Å². The first-order valence-corrected chi connectivity index (χ1v) is 7.40. The number of ether oxygens (including phenoxy) is 1. The molecule has 0 fully saturated rings. The summed E-state index contributed by atoms with van der Waals surface area (Å²) in [6.45, 7) is 3.71. The lowest BCUT2D eigenvalue weighted by molar-refractivity contribution is -0.121. The summed E-state index contributed by atoms with van der Waals surface area (Å²) in [6, 6.07) is 11.5. The third-order valence-electron chi connectivity index (χ3n) is 3.06. The van der Waals surface area contributed by atoms with Gasteiger partial charge in [-0.15, -0.1) is 0 Å². The Kier molecular flexibility index (Phi) is 6.23. The van der Waals surface area contributed by atoms with Crippen molar-refractivity contribution in [3.63, 3.8) is 0 Å². The Bertz CT molecular complexity index is 570. The number of hydrogen-bond donors (Lipinski definition) is 2. The lowest BCUT2D eigenvalue weighted by atomic mass is 10.2. The van der Waals surface area contributed by atoms with Crippen molar-refractivity contribution >= 4 is 11.6 Å². The van der Waals surface area contributed by atoms with E-state index in [4.69, 9.17) is 4.74 Å². The predicted molar refractivity (Wildman–Crippen MR) is 86.8 cm³/mol. The van der Waals surface area contributed by atoms with Gasteiger partial charge in [0.2, 0.25) is 5.91 Å². The summed E-state index contributed by atoms with van der Waals surface area (Å²) < 4.78 is 5.38. The van der Waals surface area contributed by atoms with Gasteiger partial charge in [0.1, 0.15) is 5.75 Å². The van der Waals surface area contributed by atoms with E-state index in [0.717, 1.165) is 17.0 Å². The molecule has 0 aliphatic carbocycles. The number of carbonyl (C=O) groups is 1. The molecule has 1 heterocycles. The fourth-order valence-electron chi connectivity index (χ4n) is 1.95. The van der Waals surface area contributed by atoms with Gasteiger partial charge in [-0.1, -0.05) is 6.07 Å². The Morgan fingerprint density at radius 3 is 2.73 bits per heavy atom. The number of nitrogens with zero attached hydrogens (tertiary/aromatic N) is 1. The number of pyridine rings is 1. The first-order valence-electron chi connectivity index (χ1n) is 7.40. The minimum Gasteiger partial charge on any atom is -0.494 e. The summed E-state index contributed by atoms with van der Waals surface area (Å²) >= 11 is 0. The molecular formula is C17H21N3O2. The molecule has 0 saturated carbocycles. The predicted octanol–water partition coefficient (Wildman–Crippen LogP) is 2.60. The van der Waals surface area contributed by atoms with Crippen LogP contribution in [0.3, 0.4) is 0 Å². The van der Waals surface area contributed by atoms with Crippen molar-refractivity contribution in [3.8, 4) is 5.75 Å². The van der Waals surface area contributed by atoms with Crippen LogP contribution in [0.15, 0.2) is 48.8 Å². The van der Waals surface area contributed by atoms with Crippen molar-refractivity contribution in [2.45, 2.75) is 19.9 Å². The van der Waals surface area contributed by atoms with Gasteiger partial charge in [-0.05, 0) is 42.8 Å². The molecule has 1 aromatic carbocycles. The number of amides is 1. The van der Waals surface area contributed by atoms with Gasteiger partial charge >= 0.3 is 0 Å². The lowest BCUT2D eigenvalue weighted by Crippen LogP contribution is -2.24. The highest BCUT2D eigenvalue weighted by Crippen LogP contribution is 2.15. The average Bonchev–Trinajstić information content (AvgIpc) is 2.56. The molecule has 1 amide bonds. The fourth-order valence-corrected chi connectivity index (χ4v) is 1.95. The van der Waals surface area contributed by atoms with E-state index in [2.05, 4.69) is 15.6 Å². The van der Waals surface area contributed by atoms with Crippen LogP contribution >= 0.6 is 0 Å². The molecule has 0 atom stereocenters. The molecule has 0 saturated heterocycles. The maximum atomic E-state index is 11.8. The minimum atomic E-state index is 0.0160. The van der Waals surface area contributed by atoms with E-state index in [1.165, 1.54) is 0 Å². The van der Waals surface area contributed by atoms with Gasteiger partial charge < -0.3 is 15.4 Å². The van der Waals surface area contributed by atoms with Gasteiger partial charge in [0.25, 0.3) is 0 Å². The summed E-state index contributed by atoms with van der Waals surface area (Å²) in [4.78, 5) is 15.8. The number of carbonyl (C=O) groups excluding carboxylic acids is 1. The van der Waals surface area contributed by atoms with Gasteiger partial charge in [-0.3, -0.25) is 9.78 Å². The van der Waals surface area contributed by atoms with E-state index in [-0.39, 0.29) is 5.91 Å². The summed E-state index contributed by atoms with van der Waals surface area (Å²) in [6.07, 6.45) is 3.89. The van der Waals surface area contributed by atoms with E-state index in [9.17, 15) is 4.79 Å². The van der Waals surface area contributed by atoms with E-state index in [1.807, 2.05) is 43.3 Å². The summed E-state index contributed by atoms with van der Waals surface area (Å²) in [5.74, 6) is 0.865. The Hall–Kier alpha value is -2.56. The highest BCUT2D eigenvalue weighted by molar-refractivity contribution is 5.76. The normalized spacial score (nSPS) is 10.0. The summed E-state index contributed by atoms with van der Waals surface area (Å²) in [7, 11) is 0. The number of anilines is 1. The molecule has 0 aliphatic heterocycles. The lowest BCUT2D eigenvalue weighted by Gasteiger charge is -2.08. The molecule has 0 unspecified atom stereocenters. The number of hydrogen-bond acceptors (Lipinski definition) is 4. The van der Waals surface area contributed by atoms with E-state index in [0.29, 0.717) is 26.1 Å². The van der Waals surface area contributed by atoms with Crippen LogP contribution in [0.5, 0.6) is 5.75 Å². The Morgan fingerprint density at radius 1 is 1.23 bits per heavy atom. The average molecular weight is 299 g/mol. The standard InChI is InChI=1S/C17H21N3O2/c1-2-22-16-7-5-15(6-8-16)19-11-9-17(21)20-13-14-4-3-10-18-12-14/h3-8,10,12,19H,2,9,11,13H2,1H3,(H,20,21). The molecule has 0 aliphatic rings. The molecule has 2 aromatic rings. The topological polar surface area (TPSA) is 63.2 Å².